The van der Waals surface area contributed by atoms with Gasteiger partial charge in [-0.05, 0) is 30.4 Å². The quantitative estimate of drug-likeness (QED) is 0.876. The number of carbonyl (C=O) groups is 1. The number of ether oxygens (including phenoxy) is 1. The summed E-state index contributed by atoms with van der Waals surface area (Å²) in [5.74, 6) is 0.941. The van der Waals surface area contributed by atoms with Crippen molar-refractivity contribution in [2.45, 2.75) is 57.6 Å². The number of aliphatic hydroxyl groups excluding tert-OH is 1. The van der Waals surface area contributed by atoms with Crippen LogP contribution in [0.25, 0.3) is 0 Å². The predicted molar refractivity (Wildman–Crippen MR) is 82.4 cm³/mol. The van der Waals surface area contributed by atoms with Gasteiger partial charge in [0, 0.05) is 0 Å². The lowest BCUT2D eigenvalue weighted by molar-refractivity contribution is -0.125. The van der Waals surface area contributed by atoms with E-state index in [1.54, 1.807) is 0 Å². The van der Waals surface area contributed by atoms with E-state index in [1.807, 2.05) is 24.3 Å². The minimum atomic E-state index is -0.425. The SMILES string of the molecule is CC(C)c1ccccc1OCC(=O)N[C@@H]1CCCC[C@H]1O. The van der Waals surface area contributed by atoms with Crippen LogP contribution in [-0.4, -0.2) is 29.8 Å². The van der Waals surface area contributed by atoms with Crippen LogP contribution in [0.5, 0.6) is 5.75 Å². The summed E-state index contributed by atoms with van der Waals surface area (Å²) in [6.07, 6.45) is 3.27. The van der Waals surface area contributed by atoms with E-state index in [-0.39, 0.29) is 18.6 Å². The minimum Gasteiger partial charge on any atom is -0.483 e. The summed E-state index contributed by atoms with van der Waals surface area (Å²) in [5, 5.41) is 12.7. The summed E-state index contributed by atoms with van der Waals surface area (Å²) < 4.78 is 5.64. The zero-order valence-corrected chi connectivity index (χ0v) is 12.8. The average Bonchev–Trinajstić information content (AvgIpc) is 2.48. The monoisotopic (exact) mass is 291 g/mol. The Kier molecular flexibility index (Phi) is 5.62. The molecule has 0 spiro atoms. The molecule has 0 radical (unpaired) electrons. The molecule has 0 heterocycles. The third-order valence-corrected chi connectivity index (χ3v) is 3.98. The van der Waals surface area contributed by atoms with Crippen LogP contribution in [0.15, 0.2) is 24.3 Å². The second-order valence-electron chi connectivity index (χ2n) is 6.01. The molecular weight excluding hydrogens is 266 g/mol. The van der Waals surface area contributed by atoms with E-state index in [4.69, 9.17) is 4.74 Å². The van der Waals surface area contributed by atoms with Gasteiger partial charge >= 0.3 is 0 Å². The lowest BCUT2D eigenvalue weighted by Crippen LogP contribution is -2.46. The van der Waals surface area contributed by atoms with Gasteiger partial charge < -0.3 is 15.2 Å². The van der Waals surface area contributed by atoms with Crippen LogP contribution in [0.3, 0.4) is 0 Å². The van der Waals surface area contributed by atoms with Crippen molar-refractivity contribution in [2.75, 3.05) is 6.61 Å². The fraction of sp³-hybridized carbons (Fsp3) is 0.588. The highest BCUT2D eigenvalue weighted by molar-refractivity contribution is 5.78. The van der Waals surface area contributed by atoms with Crippen LogP contribution in [0, 0.1) is 0 Å². The number of amides is 1. The van der Waals surface area contributed by atoms with Crippen LogP contribution < -0.4 is 10.1 Å². The predicted octanol–water partition coefficient (Wildman–Crippen LogP) is 2.61. The number of aliphatic hydroxyl groups is 1. The van der Waals surface area contributed by atoms with Crippen molar-refractivity contribution in [3.05, 3.63) is 29.8 Å². The summed E-state index contributed by atoms with van der Waals surface area (Å²) in [4.78, 5) is 12.0. The fourth-order valence-electron chi connectivity index (χ4n) is 2.76. The molecule has 1 aliphatic carbocycles. The molecule has 0 unspecified atom stereocenters. The Balaban J connectivity index is 1.86. The number of hydrogen-bond donors (Lipinski definition) is 2. The van der Waals surface area contributed by atoms with Crippen molar-refractivity contribution >= 4 is 5.91 Å². The maximum Gasteiger partial charge on any atom is 0.258 e. The van der Waals surface area contributed by atoms with Crippen molar-refractivity contribution in [3.8, 4) is 5.75 Å². The summed E-state index contributed by atoms with van der Waals surface area (Å²) in [5.41, 5.74) is 1.10. The fourth-order valence-corrected chi connectivity index (χ4v) is 2.76. The molecular formula is C17H25NO3. The zero-order chi connectivity index (χ0) is 15.2. The first-order valence-corrected chi connectivity index (χ1v) is 7.77. The van der Waals surface area contributed by atoms with E-state index in [0.29, 0.717) is 5.92 Å². The summed E-state index contributed by atoms with van der Waals surface area (Å²) >= 11 is 0. The number of hydrogen-bond acceptors (Lipinski definition) is 3. The van der Waals surface area contributed by atoms with Crippen molar-refractivity contribution in [3.63, 3.8) is 0 Å². The highest BCUT2D eigenvalue weighted by Gasteiger charge is 2.24. The summed E-state index contributed by atoms with van der Waals surface area (Å²) in [6.45, 7) is 4.19. The van der Waals surface area contributed by atoms with Gasteiger partial charge in [0.1, 0.15) is 5.75 Å². The standard InChI is InChI=1S/C17H25NO3/c1-12(2)13-7-3-6-10-16(13)21-11-17(20)18-14-8-4-5-9-15(14)19/h3,6-7,10,12,14-15,19H,4-5,8-9,11H2,1-2H3,(H,18,20)/t14-,15-/m1/s1. The van der Waals surface area contributed by atoms with Crippen LogP contribution in [-0.2, 0) is 4.79 Å². The average molecular weight is 291 g/mol. The first-order valence-electron chi connectivity index (χ1n) is 7.77. The molecule has 4 nitrogen and oxygen atoms in total. The molecule has 1 fully saturated rings. The molecule has 116 valence electrons. The van der Waals surface area contributed by atoms with Gasteiger partial charge in [0.15, 0.2) is 6.61 Å². The van der Waals surface area contributed by atoms with E-state index in [0.717, 1.165) is 37.0 Å². The molecule has 0 aromatic heterocycles. The summed E-state index contributed by atoms with van der Waals surface area (Å²) in [6, 6.07) is 7.65. The maximum absolute atomic E-state index is 12.0. The summed E-state index contributed by atoms with van der Waals surface area (Å²) in [7, 11) is 0. The van der Waals surface area contributed by atoms with E-state index >= 15 is 0 Å². The number of nitrogens with one attached hydrogen (secondary N) is 1. The third kappa shape index (κ3) is 4.46. The molecule has 4 heteroatoms. The highest BCUT2D eigenvalue weighted by Crippen LogP contribution is 2.25. The van der Waals surface area contributed by atoms with E-state index in [1.165, 1.54) is 0 Å². The topological polar surface area (TPSA) is 58.6 Å². The molecule has 0 aliphatic heterocycles. The Bertz CT molecular complexity index is 473. The second-order valence-corrected chi connectivity index (χ2v) is 6.01. The van der Waals surface area contributed by atoms with Crippen molar-refractivity contribution in [2.24, 2.45) is 0 Å². The molecule has 2 N–H and O–H groups in total. The van der Waals surface area contributed by atoms with Gasteiger partial charge in [-0.3, -0.25) is 4.79 Å². The molecule has 1 aromatic carbocycles. The number of rotatable bonds is 5. The van der Waals surface area contributed by atoms with E-state index in [2.05, 4.69) is 19.2 Å². The smallest absolute Gasteiger partial charge is 0.258 e. The van der Waals surface area contributed by atoms with Crippen molar-refractivity contribution in [1.82, 2.24) is 5.32 Å². The molecule has 0 saturated heterocycles. The molecule has 2 atom stereocenters. The normalized spacial score (nSPS) is 22.1. The first kappa shape index (κ1) is 15.8. The second kappa shape index (κ2) is 7.46. The van der Waals surface area contributed by atoms with Crippen molar-refractivity contribution in [1.29, 1.82) is 0 Å². The largest absolute Gasteiger partial charge is 0.483 e. The van der Waals surface area contributed by atoms with E-state index in [9.17, 15) is 9.90 Å². The minimum absolute atomic E-state index is 0.00699. The van der Waals surface area contributed by atoms with Gasteiger partial charge in [0.25, 0.3) is 5.91 Å². The molecule has 1 aromatic rings. The molecule has 0 bridgehead atoms. The molecule has 2 rings (SSSR count). The molecule has 21 heavy (non-hydrogen) atoms. The van der Waals surface area contributed by atoms with Crippen LogP contribution in [0.2, 0.25) is 0 Å². The van der Waals surface area contributed by atoms with Gasteiger partial charge in [0.05, 0.1) is 12.1 Å². The number of benzene rings is 1. The number of carbonyl (C=O) groups excluding carboxylic acids is 1. The van der Waals surface area contributed by atoms with Crippen LogP contribution >= 0.6 is 0 Å². The lowest BCUT2D eigenvalue weighted by atomic mass is 9.92. The highest BCUT2D eigenvalue weighted by atomic mass is 16.5. The van der Waals surface area contributed by atoms with Crippen LogP contribution in [0.4, 0.5) is 0 Å². The Morgan fingerprint density at radius 3 is 2.76 bits per heavy atom. The van der Waals surface area contributed by atoms with Gasteiger partial charge in [-0.15, -0.1) is 0 Å². The Hall–Kier alpha value is -1.55. The Labute approximate surface area is 126 Å². The van der Waals surface area contributed by atoms with E-state index < -0.39 is 6.10 Å². The maximum atomic E-state index is 12.0. The molecule has 1 amide bonds. The Morgan fingerprint density at radius 1 is 1.33 bits per heavy atom. The van der Waals surface area contributed by atoms with Gasteiger partial charge in [0.2, 0.25) is 0 Å². The van der Waals surface area contributed by atoms with Gasteiger partial charge in [-0.25, -0.2) is 0 Å². The molecule has 1 saturated carbocycles. The third-order valence-electron chi connectivity index (χ3n) is 3.98. The molecule has 1 aliphatic rings. The zero-order valence-electron chi connectivity index (χ0n) is 12.8. The number of para-hydroxylation sites is 1. The Morgan fingerprint density at radius 2 is 2.05 bits per heavy atom. The van der Waals surface area contributed by atoms with Crippen LogP contribution in [0.1, 0.15) is 51.0 Å². The first-order chi connectivity index (χ1) is 10.1. The van der Waals surface area contributed by atoms with Crippen molar-refractivity contribution < 1.29 is 14.6 Å². The van der Waals surface area contributed by atoms with Gasteiger partial charge in [-0.2, -0.15) is 0 Å². The van der Waals surface area contributed by atoms with Gasteiger partial charge in [-0.1, -0.05) is 44.9 Å². The lowest BCUT2D eigenvalue weighted by Gasteiger charge is -2.28.